The van der Waals surface area contributed by atoms with Crippen molar-refractivity contribution in [3.05, 3.63) is 58.9 Å². The lowest BCUT2D eigenvalue weighted by atomic mass is 10.1. The zero-order valence-corrected chi connectivity index (χ0v) is 15.5. The van der Waals surface area contributed by atoms with Gasteiger partial charge in [0.2, 0.25) is 5.88 Å². The minimum absolute atomic E-state index is 0.270. The minimum atomic E-state index is 0.270. The van der Waals surface area contributed by atoms with Crippen LogP contribution in [0.1, 0.15) is 11.1 Å². The number of nitrogens with two attached hydrogens (primary N) is 1. The highest BCUT2D eigenvalue weighted by atomic mass is 35.5. The Kier molecular flexibility index (Phi) is 5.14. The van der Waals surface area contributed by atoms with Crippen LogP contribution in [-0.4, -0.2) is 17.1 Å². The maximum absolute atomic E-state index is 6.20. The number of methoxy groups -OCH3 is 1. The summed E-state index contributed by atoms with van der Waals surface area (Å²) in [6.45, 7) is 3.84. The summed E-state index contributed by atoms with van der Waals surface area (Å²) >= 11 is 6.20. The highest BCUT2D eigenvalue weighted by molar-refractivity contribution is 6.32. The highest BCUT2D eigenvalue weighted by Gasteiger charge is 2.12. The van der Waals surface area contributed by atoms with Gasteiger partial charge in [0, 0.05) is 16.8 Å². The van der Waals surface area contributed by atoms with Crippen molar-refractivity contribution in [3.63, 3.8) is 0 Å². The molecular formula is C19H19ClN4O2. The second-order valence-corrected chi connectivity index (χ2v) is 6.15. The second-order valence-electron chi connectivity index (χ2n) is 5.77. The van der Waals surface area contributed by atoms with Gasteiger partial charge in [0.05, 0.1) is 7.11 Å². The van der Waals surface area contributed by atoms with Crippen LogP contribution in [-0.2, 0) is 0 Å². The van der Waals surface area contributed by atoms with Crippen molar-refractivity contribution in [2.24, 2.45) is 0 Å². The molecule has 0 aliphatic rings. The van der Waals surface area contributed by atoms with E-state index < -0.39 is 0 Å². The first kappa shape index (κ1) is 17.8. The van der Waals surface area contributed by atoms with E-state index in [9.17, 15) is 0 Å². The first-order valence-corrected chi connectivity index (χ1v) is 8.32. The van der Waals surface area contributed by atoms with Gasteiger partial charge >= 0.3 is 0 Å². The quantitative estimate of drug-likeness (QED) is 0.666. The third kappa shape index (κ3) is 3.81. The molecule has 0 amide bonds. The van der Waals surface area contributed by atoms with Crippen LogP contribution >= 0.6 is 11.6 Å². The molecule has 0 atom stereocenters. The molecule has 0 spiro atoms. The van der Waals surface area contributed by atoms with E-state index in [1.165, 1.54) is 6.33 Å². The van der Waals surface area contributed by atoms with Crippen molar-refractivity contribution in [1.29, 1.82) is 0 Å². The summed E-state index contributed by atoms with van der Waals surface area (Å²) in [5.74, 6) is 2.06. The molecule has 0 fully saturated rings. The summed E-state index contributed by atoms with van der Waals surface area (Å²) in [7, 11) is 1.61. The van der Waals surface area contributed by atoms with Gasteiger partial charge in [-0.15, -0.1) is 0 Å². The number of hydrogen-bond acceptors (Lipinski definition) is 6. The van der Waals surface area contributed by atoms with Gasteiger partial charge in [-0.1, -0.05) is 17.7 Å². The van der Waals surface area contributed by atoms with E-state index in [4.69, 9.17) is 26.8 Å². The molecule has 0 aliphatic heterocycles. The van der Waals surface area contributed by atoms with E-state index in [1.807, 2.05) is 50.2 Å². The zero-order valence-electron chi connectivity index (χ0n) is 14.7. The molecule has 1 aromatic heterocycles. The molecule has 0 saturated carbocycles. The number of aryl methyl sites for hydroxylation is 2. The van der Waals surface area contributed by atoms with E-state index in [0.717, 1.165) is 22.6 Å². The molecule has 1 heterocycles. The molecule has 0 radical (unpaired) electrons. The minimum Gasteiger partial charge on any atom is -0.497 e. The van der Waals surface area contributed by atoms with E-state index in [-0.39, 0.29) is 5.88 Å². The molecule has 0 bridgehead atoms. The van der Waals surface area contributed by atoms with Gasteiger partial charge in [-0.2, -0.15) is 4.98 Å². The fraction of sp³-hybridized carbons (Fsp3) is 0.158. The molecule has 134 valence electrons. The molecule has 3 N–H and O–H groups in total. The van der Waals surface area contributed by atoms with Crippen molar-refractivity contribution in [2.75, 3.05) is 18.2 Å². The van der Waals surface area contributed by atoms with Gasteiger partial charge in [-0.05, 0) is 49.2 Å². The summed E-state index contributed by atoms with van der Waals surface area (Å²) in [6, 6.07) is 11.1. The van der Waals surface area contributed by atoms with Crippen LogP contribution in [0.2, 0.25) is 5.02 Å². The number of benzene rings is 2. The highest BCUT2D eigenvalue weighted by Crippen LogP contribution is 2.33. The molecular weight excluding hydrogens is 352 g/mol. The second kappa shape index (κ2) is 7.49. The Bertz CT molecular complexity index is 924. The van der Waals surface area contributed by atoms with Gasteiger partial charge in [-0.3, -0.25) is 0 Å². The number of nitrogen functional groups attached to an aromatic ring is 1. The van der Waals surface area contributed by atoms with Gasteiger partial charge in [-0.25, -0.2) is 4.98 Å². The topological polar surface area (TPSA) is 82.3 Å². The number of anilines is 3. The van der Waals surface area contributed by atoms with E-state index in [1.54, 1.807) is 7.11 Å². The summed E-state index contributed by atoms with van der Waals surface area (Å²) < 4.78 is 11.1. The van der Waals surface area contributed by atoms with Crippen LogP contribution < -0.4 is 20.5 Å². The number of halogens is 1. The molecule has 7 heteroatoms. The van der Waals surface area contributed by atoms with Crippen molar-refractivity contribution in [3.8, 4) is 17.4 Å². The Morgan fingerprint density at radius 3 is 2.46 bits per heavy atom. The Labute approximate surface area is 156 Å². The summed E-state index contributed by atoms with van der Waals surface area (Å²) in [6.07, 6.45) is 1.39. The standard InChI is InChI=1S/C19H19ClN4O2/c1-11-7-15(8-12(2)16(11)20)26-19-17(21)18(22-10-23-19)24-13-5-4-6-14(9-13)25-3/h4-10H,21H2,1-3H3,(H,22,23,24). The molecule has 0 saturated heterocycles. The summed E-state index contributed by atoms with van der Waals surface area (Å²) in [4.78, 5) is 8.33. The number of aromatic nitrogens is 2. The normalized spacial score (nSPS) is 10.5. The Balaban J connectivity index is 1.87. The number of hydrogen-bond donors (Lipinski definition) is 2. The van der Waals surface area contributed by atoms with Gasteiger partial charge < -0.3 is 20.5 Å². The van der Waals surface area contributed by atoms with Gasteiger partial charge in [0.25, 0.3) is 0 Å². The van der Waals surface area contributed by atoms with Crippen LogP contribution in [0, 0.1) is 13.8 Å². The molecule has 2 aromatic carbocycles. The number of nitrogens with one attached hydrogen (secondary N) is 1. The molecule has 6 nitrogen and oxygen atoms in total. The maximum atomic E-state index is 6.20. The lowest BCUT2D eigenvalue weighted by Crippen LogP contribution is -2.03. The first-order chi connectivity index (χ1) is 12.5. The van der Waals surface area contributed by atoms with Crippen molar-refractivity contribution >= 4 is 28.8 Å². The average molecular weight is 371 g/mol. The van der Waals surface area contributed by atoms with Gasteiger partial charge in [0.15, 0.2) is 5.82 Å². The van der Waals surface area contributed by atoms with E-state index in [0.29, 0.717) is 22.3 Å². The zero-order chi connectivity index (χ0) is 18.7. The van der Waals surface area contributed by atoms with Crippen LogP contribution in [0.4, 0.5) is 17.2 Å². The van der Waals surface area contributed by atoms with Crippen molar-refractivity contribution in [2.45, 2.75) is 13.8 Å². The van der Waals surface area contributed by atoms with Gasteiger partial charge in [0.1, 0.15) is 23.5 Å². The third-order valence-corrected chi connectivity index (χ3v) is 4.40. The fourth-order valence-electron chi connectivity index (χ4n) is 2.47. The first-order valence-electron chi connectivity index (χ1n) is 7.94. The molecule has 26 heavy (non-hydrogen) atoms. The predicted octanol–water partition coefficient (Wildman–Crippen LogP) is 4.87. The summed E-state index contributed by atoms with van der Waals surface area (Å²) in [5, 5.41) is 3.86. The van der Waals surface area contributed by atoms with Crippen LogP contribution in [0.5, 0.6) is 17.4 Å². The Morgan fingerprint density at radius 1 is 1.04 bits per heavy atom. The molecule has 3 aromatic rings. The third-order valence-electron chi connectivity index (χ3n) is 3.80. The predicted molar refractivity (Wildman–Crippen MR) is 104 cm³/mol. The molecule has 3 rings (SSSR count). The van der Waals surface area contributed by atoms with E-state index >= 15 is 0 Å². The van der Waals surface area contributed by atoms with Crippen LogP contribution in [0.25, 0.3) is 0 Å². The largest absolute Gasteiger partial charge is 0.497 e. The smallest absolute Gasteiger partial charge is 0.248 e. The fourth-order valence-corrected chi connectivity index (χ4v) is 2.58. The Morgan fingerprint density at radius 2 is 1.77 bits per heavy atom. The number of rotatable bonds is 5. The summed E-state index contributed by atoms with van der Waals surface area (Å²) in [5.41, 5.74) is 9.12. The lowest BCUT2D eigenvalue weighted by molar-refractivity contribution is 0.415. The van der Waals surface area contributed by atoms with Crippen LogP contribution in [0.3, 0.4) is 0 Å². The van der Waals surface area contributed by atoms with Crippen molar-refractivity contribution < 1.29 is 9.47 Å². The number of ether oxygens (including phenoxy) is 2. The lowest BCUT2D eigenvalue weighted by Gasteiger charge is -2.13. The van der Waals surface area contributed by atoms with E-state index in [2.05, 4.69) is 15.3 Å². The molecule has 0 aliphatic carbocycles. The molecule has 0 unspecified atom stereocenters. The Hall–Kier alpha value is -2.99. The monoisotopic (exact) mass is 370 g/mol. The van der Waals surface area contributed by atoms with Crippen LogP contribution in [0.15, 0.2) is 42.7 Å². The van der Waals surface area contributed by atoms with Crippen molar-refractivity contribution in [1.82, 2.24) is 9.97 Å². The number of nitrogens with zero attached hydrogens (tertiary/aromatic N) is 2. The average Bonchev–Trinajstić information content (AvgIpc) is 2.63. The SMILES string of the molecule is COc1cccc(Nc2ncnc(Oc3cc(C)c(Cl)c(C)c3)c2N)c1. The maximum Gasteiger partial charge on any atom is 0.248 e.